The first-order chi connectivity index (χ1) is 13.2. The molecule has 1 amide bonds. The number of aromatic nitrogens is 4. The Morgan fingerprint density at radius 1 is 1.15 bits per heavy atom. The van der Waals surface area contributed by atoms with Gasteiger partial charge in [0.1, 0.15) is 11.4 Å². The number of carbonyl (C=O) groups excluding carboxylic acids is 1. The van der Waals surface area contributed by atoms with Gasteiger partial charge in [-0.15, -0.1) is 0 Å². The molecule has 0 saturated heterocycles. The average molecular weight is 365 g/mol. The third-order valence-corrected chi connectivity index (χ3v) is 3.73. The zero-order valence-corrected chi connectivity index (χ0v) is 14.8. The number of nitrogens with zero attached hydrogens (tertiary/aromatic N) is 4. The van der Waals surface area contributed by atoms with E-state index < -0.39 is 0 Å². The molecule has 0 bridgehead atoms. The Hall–Kier alpha value is -3.55. The molecule has 0 aliphatic rings. The number of amides is 1. The second-order valence-corrected chi connectivity index (χ2v) is 5.58. The Morgan fingerprint density at radius 2 is 1.96 bits per heavy atom. The largest absolute Gasteiger partial charge is 0.494 e. The van der Waals surface area contributed by atoms with Crippen LogP contribution in [-0.2, 0) is 6.54 Å². The molecule has 0 atom stereocenters. The van der Waals surface area contributed by atoms with Crippen LogP contribution in [0.5, 0.6) is 5.75 Å². The molecule has 27 heavy (non-hydrogen) atoms. The Bertz CT molecular complexity index is 955. The van der Waals surface area contributed by atoms with E-state index in [0.29, 0.717) is 12.3 Å². The molecular formula is C19H19N5O3. The predicted molar refractivity (Wildman–Crippen MR) is 99.5 cm³/mol. The van der Waals surface area contributed by atoms with Gasteiger partial charge >= 0.3 is 0 Å². The number of ether oxygens (including phenoxy) is 1. The van der Waals surface area contributed by atoms with Gasteiger partial charge in [-0.3, -0.25) is 14.6 Å². The quantitative estimate of drug-likeness (QED) is 0.682. The molecule has 0 fully saturated rings. The summed E-state index contributed by atoms with van der Waals surface area (Å²) in [5.74, 6) is 0.431. The number of nitrogens with one attached hydrogen (secondary N) is 1. The molecule has 0 saturated carbocycles. The summed E-state index contributed by atoms with van der Waals surface area (Å²) < 4.78 is 6.75. The Labute approximate surface area is 155 Å². The van der Waals surface area contributed by atoms with Crippen molar-refractivity contribution in [2.75, 3.05) is 13.2 Å². The maximum absolute atomic E-state index is 12.0. The van der Waals surface area contributed by atoms with E-state index in [4.69, 9.17) is 4.74 Å². The van der Waals surface area contributed by atoms with Crippen LogP contribution in [0.1, 0.15) is 17.4 Å². The minimum atomic E-state index is -0.348. The first-order valence-corrected chi connectivity index (χ1v) is 8.53. The fourth-order valence-corrected chi connectivity index (χ4v) is 2.43. The molecule has 0 spiro atoms. The molecule has 0 unspecified atom stereocenters. The highest BCUT2D eigenvalue weighted by atomic mass is 16.5. The van der Waals surface area contributed by atoms with Crippen LogP contribution in [0.2, 0.25) is 0 Å². The SMILES string of the molecule is CCOc1ccc(-c2ccc(=O)n(CCNC(=O)c3cnccn3)n2)cc1. The van der Waals surface area contributed by atoms with Gasteiger partial charge in [-0.2, -0.15) is 5.10 Å². The summed E-state index contributed by atoms with van der Waals surface area (Å²) in [5, 5.41) is 7.07. The van der Waals surface area contributed by atoms with Crippen LogP contribution in [0.15, 0.2) is 59.8 Å². The number of carbonyl (C=O) groups is 1. The normalized spacial score (nSPS) is 10.4. The molecule has 0 aliphatic heterocycles. The van der Waals surface area contributed by atoms with E-state index >= 15 is 0 Å². The fourth-order valence-electron chi connectivity index (χ4n) is 2.43. The van der Waals surface area contributed by atoms with Crippen molar-refractivity contribution in [3.05, 3.63) is 71.0 Å². The summed E-state index contributed by atoms with van der Waals surface area (Å²) in [6.45, 7) is 3.02. The van der Waals surface area contributed by atoms with Crippen LogP contribution >= 0.6 is 0 Å². The summed E-state index contributed by atoms with van der Waals surface area (Å²) in [7, 11) is 0. The molecule has 2 heterocycles. The predicted octanol–water partition coefficient (Wildman–Crippen LogP) is 1.53. The molecule has 0 radical (unpaired) electrons. The minimum Gasteiger partial charge on any atom is -0.494 e. The van der Waals surface area contributed by atoms with E-state index in [-0.39, 0.29) is 30.2 Å². The van der Waals surface area contributed by atoms with Crippen molar-refractivity contribution in [2.45, 2.75) is 13.5 Å². The standard InChI is InChI=1S/C19H19N5O3/c1-2-27-15-5-3-14(4-6-15)16-7-8-18(25)24(23-16)12-11-22-19(26)17-13-20-9-10-21-17/h3-10,13H,2,11-12H2,1H3,(H,22,26). The van der Waals surface area contributed by atoms with E-state index in [1.165, 1.54) is 29.3 Å². The summed E-state index contributed by atoms with van der Waals surface area (Å²) in [4.78, 5) is 31.8. The second kappa shape index (κ2) is 8.70. The minimum absolute atomic E-state index is 0.223. The smallest absolute Gasteiger partial charge is 0.271 e. The maximum atomic E-state index is 12.0. The number of hydrogen-bond donors (Lipinski definition) is 1. The van der Waals surface area contributed by atoms with Gasteiger partial charge in [0.25, 0.3) is 11.5 Å². The van der Waals surface area contributed by atoms with E-state index in [0.717, 1.165) is 11.3 Å². The van der Waals surface area contributed by atoms with Crippen LogP contribution in [0.3, 0.4) is 0 Å². The molecule has 1 N–H and O–H groups in total. The molecule has 3 rings (SSSR count). The van der Waals surface area contributed by atoms with E-state index in [1.807, 2.05) is 31.2 Å². The maximum Gasteiger partial charge on any atom is 0.271 e. The van der Waals surface area contributed by atoms with Crippen molar-refractivity contribution < 1.29 is 9.53 Å². The molecule has 8 heteroatoms. The van der Waals surface area contributed by atoms with Gasteiger partial charge in [0.2, 0.25) is 0 Å². The fraction of sp³-hybridized carbons (Fsp3) is 0.211. The average Bonchev–Trinajstić information content (AvgIpc) is 2.71. The van der Waals surface area contributed by atoms with Crippen molar-refractivity contribution in [3.8, 4) is 17.0 Å². The van der Waals surface area contributed by atoms with Crippen molar-refractivity contribution in [1.82, 2.24) is 25.1 Å². The Kier molecular flexibility index (Phi) is 5.88. The van der Waals surface area contributed by atoms with Gasteiger partial charge in [-0.05, 0) is 37.3 Å². The third kappa shape index (κ3) is 4.75. The van der Waals surface area contributed by atoms with E-state index in [1.54, 1.807) is 6.07 Å². The number of benzene rings is 1. The van der Waals surface area contributed by atoms with Crippen LogP contribution in [0, 0.1) is 0 Å². The molecular weight excluding hydrogens is 346 g/mol. The Morgan fingerprint density at radius 3 is 2.67 bits per heavy atom. The monoisotopic (exact) mass is 365 g/mol. The summed E-state index contributed by atoms with van der Waals surface area (Å²) in [5.41, 5.74) is 1.52. The molecule has 2 aromatic heterocycles. The molecule has 8 nitrogen and oxygen atoms in total. The highest BCUT2D eigenvalue weighted by molar-refractivity contribution is 5.91. The van der Waals surface area contributed by atoms with Gasteiger partial charge in [0, 0.05) is 30.6 Å². The second-order valence-electron chi connectivity index (χ2n) is 5.58. The summed E-state index contributed by atoms with van der Waals surface area (Å²) in [6.07, 6.45) is 4.32. The number of hydrogen-bond acceptors (Lipinski definition) is 6. The van der Waals surface area contributed by atoms with Crippen LogP contribution in [0.25, 0.3) is 11.3 Å². The lowest BCUT2D eigenvalue weighted by atomic mass is 10.1. The van der Waals surface area contributed by atoms with Gasteiger partial charge < -0.3 is 10.1 Å². The van der Waals surface area contributed by atoms with Gasteiger partial charge in [-0.1, -0.05) is 0 Å². The lowest BCUT2D eigenvalue weighted by molar-refractivity contribution is 0.0946. The zero-order chi connectivity index (χ0) is 19.1. The lowest BCUT2D eigenvalue weighted by Gasteiger charge is -2.09. The zero-order valence-electron chi connectivity index (χ0n) is 14.8. The van der Waals surface area contributed by atoms with Crippen molar-refractivity contribution >= 4 is 5.91 Å². The van der Waals surface area contributed by atoms with E-state index in [2.05, 4.69) is 20.4 Å². The molecule has 1 aromatic carbocycles. The molecule has 0 aliphatic carbocycles. The lowest BCUT2D eigenvalue weighted by Crippen LogP contribution is -2.32. The van der Waals surface area contributed by atoms with Crippen molar-refractivity contribution in [2.24, 2.45) is 0 Å². The summed E-state index contributed by atoms with van der Waals surface area (Å²) in [6, 6.07) is 10.6. The first-order valence-electron chi connectivity index (χ1n) is 8.53. The first kappa shape index (κ1) is 18.2. The van der Waals surface area contributed by atoms with Crippen LogP contribution < -0.4 is 15.6 Å². The van der Waals surface area contributed by atoms with Gasteiger partial charge in [0.15, 0.2) is 0 Å². The highest BCUT2D eigenvalue weighted by Crippen LogP contribution is 2.19. The van der Waals surface area contributed by atoms with Crippen molar-refractivity contribution in [1.29, 1.82) is 0 Å². The topological polar surface area (TPSA) is 99.0 Å². The summed E-state index contributed by atoms with van der Waals surface area (Å²) >= 11 is 0. The van der Waals surface area contributed by atoms with Crippen LogP contribution in [0.4, 0.5) is 0 Å². The van der Waals surface area contributed by atoms with Crippen LogP contribution in [-0.4, -0.2) is 38.8 Å². The highest BCUT2D eigenvalue weighted by Gasteiger charge is 2.08. The van der Waals surface area contributed by atoms with E-state index in [9.17, 15) is 9.59 Å². The van der Waals surface area contributed by atoms with Crippen molar-refractivity contribution in [3.63, 3.8) is 0 Å². The Balaban J connectivity index is 1.66. The third-order valence-electron chi connectivity index (χ3n) is 3.73. The molecule has 138 valence electrons. The van der Waals surface area contributed by atoms with Gasteiger partial charge in [0.05, 0.1) is 25.0 Å². The van der Waals surface area contributed by atoms with Gasteiger partial charge in [-0.25, -0.2) is 9.67 Å². The number of rotatable bonds is 7. The molecule has 3 aromatic rings.